The number of anilines is 1. The summed E-state index contributed by atoms with van der Waals surface area (Å²) < 4.78 is 2.17. The van der Waals surface area contributed by atoms with Gasteiger partial charge in [0.1, 0.15) is 17.3 Å². The lowest BCUT2D eigenvalue weighted by Gasteiger charge is -2.20. The van der Waals surface area contributed by atoms with Gasteiger partial charge in [-0.2, -0.15) is 5.26 Å². The van der Waals surface area contributed by atoms with E-state index in [2.05, 4.69) is 31.4 Å². The highest BCUT2D eigenvalue weighted by molar-refractivity contribution is 5.76. The van der Waals surface area contributed by atoms with Gasteiger partial charge in [-0.25, -0.2) is 4.98 Å². The second kappa shape index (κ2) is 4.63. The Morgan fingerprint density at radius 1 is 1.29 bits per heavy atom. The summed E-state index contributed by atoms with van der Waals surface area (Å²) in [6.45, 7) is 6.44. The normalized spacial score (nSPS) is 15.0. The molecule has 4 heteroatoms. The molecule has 0 unspecified atom stereocenters. The Labute approximate surface area is 125 Å². The molecule has 1 aromatic carbocycles. The third-order valence-corrected chi connectivity index (χ3v) is 3.83. The highest BCUT2D eigenvalue weighted by atomic mass is 15.2. The molecule has 0 amide bonds. The summed E-state index contributed by atoms with van der Waals surface area (Å²) in [7, 11) is 0. The van der Waals surface area contributed by atoms with Crippen LogP contribution >= 0.6 is 0 Å². The summed E-state index contributed by atoms with van der Waals surface area (Å²) in [6, 6.07) is 10.2. The average Bonchev–Trinajstić information content (AvgIpc) is 3.21. The molecule has 0 atom stereocenters. The fraction of sp³-hybridized carbons (Fsp3) is 0.412. The van der Waals surface area contributed by atoms with Gasteiger partial charge in [0.05, 0.1) is 11.6 Å². The molecule has 0 saturated heterocycles. The molecule has 1 aliphatic rings. The summed E-state index contributed by atoms with van der Waals surface area (Å²) in [6.07, 6.45) is 2.31. The van der Waals surface area contributed by atoms with Crippen LogP contribution in [-0.2, 0) is 5.41 Å². The Kier molecular flexibility index (Phi) is 3.02. The van der Waals surface area contributed by atoms with Crippen molar-refractivity contribution in [2.75, 3.05) is 5.73 Å². The Hall–Kier alpha value is -2.28. The second-order valence-electron chi connectivity index (χ2n) is 6.68. The van der Waals surface area contributed by atoms with Gasteiger partial charge in [0.15, 0.2) is 0 Å². The van der Waals surface area contributed by atoms with Crippen LogP contribution in [0.1, 0.15) is 51.0 Å². The zero-order valence-corrected chi connectivity index (χ0v) is 12.7. The van der Waals surface area contributed by atoms with E-state index in [0.29, 0.717) is 17.4 Å². The first-order chi connectivity index (χ1) is 9.93. The minimum absolute atomic E-state index is 0.0729. The fourth-order valence-electron chi connectivity index (χ4n) is 2.66. The molecule has 2 N–H and O–H groups in total. The third-order valence-electron chi connectivity index (χ3n) is 3.83. The quantitative estimate of drug-likeness (QED) is 0.913. The van der Waals surface area contributed by atoms with Crippen molar-refractivity contribution in [3.63, 3.8) is 0 Å². The Morgan fingerprint density at radius 3 is 2.52 bits per heavy atom. The highest BCUT2D eigenvalue weighted by Gasteiger charge is 2.34. The zero-order valence-electron chi connectivity index (χ0n) is 12.7. The van der Waals surface area contributed by atoms with Crippen molar-refractivity contribution in [2.24, 2.45) is 0 Å². The zero-order chi connectivity index (χ0) is 15.2. The van der Waals surface area contributed by atoms with Gasteiger partial charge < -0.3 is 10.3 Å². The van der Waals surface area contributed by atoms with Crippen molar-refractivity contribution >= 4 is 5.82 Å². The number of hydrogen-bond acceptors (Lipinski definition) is 3. The van der Waals surface area contributed by atoms with Crippen molar-refractivity contribution in [2.45, 2.75) is 45.1 Å². The minimum Gasteiger partial charge on any atom is -0.383 e. The van der Waals surface area contributed by atoms with Crippen LogP contribution in [-0.4, -0.2) is 9.55 Å². The van der Waals surface area contributed by atoms with Gasteiger partial charge in [-0.05, 0) is 18.9 Å². The lowest BCUT2D eigenvalue weighted by atomic mass is 9.95. The first-order valence-corrected chi connectivity index (χ1v) is 7.31. The third kappa shape index (κ3) is 2.29. The molecule has 1 heterocycles. The van der Waals surface area contributed by atoms with Gasteiger partial charge >= 0.3 is 0 Å². The molecule has 1 saturated carbocycles. The fourth-order valence-corrected chi connectivity index (χ4v) is 2.66. The molecule has 1 aromatic heterocycles. The topological polar surface area (TPSA) is 67.6 Å². The second-order valence-corrected chi connectivity index (χ2v) is 6.68. The number of aromatic nitrogens is 2. The highest BCUT2D eigenvalue weighted by Crippen LogP contribution is 2.43. The van der Waals surface area contributed by atoms with E-state index >= 15 is 0 Å². The van der Waals surface area contributed by atoms with Gasteiger partial charge in [0, 0.05) is 17.0 Å². The Morgan fingerprint density at radius 2 is 1.95 bits per heavy atom. The van der Waals surface area contributed by atoms with E-state index in [9.17, 15) is 5.26 Å². The predicted octanol–water partition coefficient (Wildman–Crippen LogP) is 3.64. The van der Waals surface area contributed by atoms with Crippen molar-refractivity contribution in [3.05, 3.63) is 35.7 Å². The van der Waals surface area contributed by atoms with Gasteiger partial charge in [-0.1, -0.05) is 39.0 Å². The molecule has 108 valence electrons. The van der Waals surface area contributed by atoms with Crippen molar-refractivity contribution in [3.8, 4) is 17.3 Å². The largest absolute Gasteiger partial charge is 0.383 e. The van der Waals surface area contributed by atoms with Crippen molar-refractivity contribution in [1.82, 2.24) is 9.55 Å². The maximum atomic E-state index is 9.30. The molecule has 0 bridgehead atoms. The molecule has 1 aliphatic carbocycles. The first kappa shape index (κ1) is 13.7. The molecular formula is C17H20N4. The van der Waals surface area contributed by atoms with Crippen LogP contribution in [0.5, 0.6) is 0 Å². The SMILES string of the molecule is CC(C)(C)c1nc(-c2ccccc2C#N)c(N)n1C1CC1. The predicted molar refractivity (Wildman–Crippen MR) is 83.8 cm³/mol. The first-order valence-electron chi connectivity index (χ1n) is 7.31. The number of imidazole rings is 1. The van der Waals surface area contributed by atoms with E-state index in [4.69, 9.17) is 10.7 Å². The monoisotopic (exact) mass is 280 g/mol. The number of nitrogen functional groups attached to an aromatic ring is 1. The summed E-state index contributed by atoms with van der Waals surface area (Å²) in [4.78, 5) is 4.81. The molecule has 0 aliphatic heterocycles. The van der Waals surface area contributed by atoms with Crippen LogP contribution in [0.15, 0.2) is 24.3 Å². The summed E-state index contributed by atoms with van der Waals surface area (Å²) >= 11 is 0. The average molecular weight is 280 g/mol. The van der Waals surface area contributed by atoms with Gasteiger partial charge in [-0.3, -0.25) is 0 Å². The van der Waals surface area contributed by atoms with Crippen molar-refractivity contribution < 1.29 is 0 Å². The molecule has 1 fully saturated rings. The van der Waals surface area contributed by atoms with Crippen LogP contribution in [0.3, 0.4) is 0 Å². The van der Waals surface area contributed by atoms with E-state index in [0.717, 1.165) is 29.9 Å². The van der Waals surface area contributed by atoms with E-state index in [-0.39, 0.29) is 5.41 Å². The summed E-state index contributed by atoms with van der Waals surface area (Å²) in [5.74, 6) is 1.69. The molecule has 4 nitrogen and oxygen atoms in total. The van der Waals surface area contributed by atoms with Gasteiger partial charge in [0.25, 0.3) is 0 Å². The molecular weight excluding hydrogens is 260 g/mol. The van der Waals surface area contributed by atoms with Crippen LogP contribution < -0.4 is 5.73 Å². The maximum Gasteiger partial charge on any atom is 0.132 e. The number of benzene rings is 1. The number of hydrogen-bond donors (Lipinski definition) is 1. The van der Waals surface area contributed by atoms with Crippen LogP contribution in [0.4, 0.5) is 5.82 Å². The Bertz CT molecular complexity index is 724. The lowest BCUT2D eigenvalue weighted by molar-refractivity contribution is 0.504. The maximum absolute atomic E-state index is 9.30. The summed E-state index contributed by atoms with van der Waals surface area (Å²) in [5.41, 5.74) is 8.49. The van der Waals surface area contributed by atoms with Gasteiger partial charge in [-0.15, -0.1) is 0 Å². The van der Waals surface area contributed by atoms with Crippen molar-refractivity contribution in [1.29, 1.82) is 5.26 Å². The van der Waals surface area contributed by atoms with Crippen LogP contribution in [0.25, 0.3) is 11.3 Å². The van der Waals surface area contributed by atoms with Crippen LogP contribution in [0, 0.1) is 11.3 Å². The number of nitrogens with zero attached hydrogens (tertiary/aromatic N) is 3. The smallest absolute Gasteiger partial charge is 0.132 e. The molecule has 0 spiro atoms. The molecule has 3 rings (SSSR count). The molecule has 21 heavy (non-hydrogen) atoms. The lowest BCUT2D eigenvalue weighted by Crippen LogP contribution is -2.19. The van der Waals surface area contributed by atoms with E-state index in [1.54, 1.807) is 0 Å². The molecule has 2 aromatic rings. The number of nitrogens with two attached hydrogens (primary N) is 1. The molecule has 0 radical (unpaired) electrons. The standard InChI is InChI=1S/C17H20N4/c1-17(2,3)16-20-14(15(19)21(16)12-8-9-12)13-7-5-4-6-11(13)10-18/h4-7,12H,8-9,19H2,1-3H3. The minimum atomic E-state index is -0.0729. The number of nitriles is 1. The number of rotatable bonds is 2. The van der Waals surface area contributed by atoms with Crippen LogP contribution in [0.2, 0.25) is 0 Å². The van der Waals surface area contributed by atoms with E-state index in [1.807, 2.05) is 24.3 Å². The van der Waals surface area contributed by atoms with E-state index < -0.39 is 0 Å². The van der Waals surface area contributed by atoms with Gasteiger partial charge in [0.2, 0.25) is 0 Å². The summed E-state index contributed by atoms with van der Waals surface area (Å²) in [5, 5.41) is 9.30. The van der Waals surface area contributed by atoms with E-state index in [1.165, 1.54) is 0 Å². The Balaban J connectivity index is 2.23.